The minimum atomic E-state index is 0.634. The van der Waals surface area contributed by atoms with Gasteiger partial charge in [0.2, 0.25) is 0 Å². The lowest BCUT2D eigenvalue weighted by atomic mass is 9.99. The molecule has 0 spiro atoms. The third-order valence-corrected chi connectivity index (χ3v) is 5.01. The van der Waals surface area contributed by atoms with Crippen LogP contribution >= 0.6 is 0 Å². The highest BCUT2D eigenvalue weighted by atomic mass is 15.3. The summed E-state index contributed by atoms with van der Waals surface area (Å²) in [6, 6.07) is 6.86. The molecule has 0 bridgehead atoms. The van der Waals surface area contributed by atoms with Gasteiger partial charge < -0.3 is 4.40 Å². The van der Waals surface area contributed by atoms with Crippen LogP contribution in [0.5, 0.6) is 0 Å². The van der Waals surface area contributed by atoms with Crippen molar-refractivity contribution in [3.8, 4) is 0 Å². The fourth-order valence-electron chi connectivity index (χ4n) is 3.75. The summed E-state index contributed by atoms with van der Waals surface area (Å²) in [5.41, 5.74) is 3.48. The highest BCUT2D eigenvalue weighted by Gasteiger charge is 2.23. The second-order valence-electron chi connectivity index (χ2n) is 6.88. The van der Waals surface area contributed by atoms with Gasteiger partial charge in [0.1, 0.15) is 5.65 Å². The third kappa shape index (κ3) is 3.36. The molecule has 4 rings (SSSR count). The van der Waals surface area contributed by atoms with Crippen LogP contribution in [0.4, 0.5) is 0 Å². The Morgan fingerprint density at radius 1 is 1.21 bits per heavy atom. The van der Waals surface area contributed by atoms with Crippen LogP contribution in [0.3, 0.4) is 0 Å². The van der Waals surface area contributed by atoms with Crippen LogP contribution in [0.15, 0.2) is 43.0 Å². The molecule has 1 fully saturated rings. The van der Waals surface area contributed by atoms with E-state index in [2.05, 4.69) is 52.0 Å². The monoisotopic (exact) mass is 323 g/mol. The van der Waals surface area contributed by atoms with Crippen molar-refractivity contribution in [3.63, 3.8) is 0 Å². The Kier molecular flexibility index (Phi) is 4.34. The molecule has 0 aliphatic carbocycles. The van der Waals surface area contributed by atoms with Gasteiger partial charge in [-0.25, -0.2) is 4.98 Å². The summed E-state index contributed by atoms with van der Waals surface area (Å²) in [5, 5.41) is 4.33. The smallest absolute Gasteiger partial charge is 0.137 e. The Hall–Kier alpha value is -2.14. The first-order valence-electron chi connectivity index (χ1n) is 8.94. The molecule has 24 heavy (non-hydrogen) atoms. The molecule has 0 N–H and O–H groups in total. The predicted octanol–water partition coefficient (Wildman–Crippen LogP) is 3.28. The molecule has 0 amide bonds. The summed E-state index contributed by atoms with van der Waals surface area (Å²) < 4.78 is 4.19. The van der Waals surface area contributed by atoms with Crippen LogP contribution in [0.25, 0.3) is 5.65 Å². The van der Waals surface area contributed by atoms with Gasteiger partial charge >= 0.3 is 0 Å². The van der Waals surface area contributed by atoms with Crippen LogP contribution < -0.4 is 0 Å². The summed E-state index contributed by atoms with van der Waals surface area (Å²) in [6.45, 7) is 5.24. The van der Waals surface area contributed by atoms with Gasteiger partial charge in [-0.15, -0.1) is 0 Å². The molecule has 0 radical (unpaired) electrons. The van der Waals surface area contributed by atoms with E-state index in [9.17, 15) is 0 Å². The minimum absolute atomic E-state index is 0.634. The van der Waals surface area contributed by atoms with E-state index in [4.69, 9.17) is 4.98 Å². The van der Waals surface area contributed by atoms with Crippen LogP contribution in [0, 0.1) is 6.92 Å². The van der Waals surface area contributed by atoms with Crippen molar-refractivity contribution >= 4 is 5.65 Å². The van der Waals surface area contributed by atoms with Gasteiger partial charge in [0.25, 0.3) is 0 Å². The van der Waals surface area contributed by atoms with E-state index in [0.717, 1.165) is 25.2 Å². The van der Waals surface area contributed by atoms with Crippen molar-refractivity contribution < 1.29 is 0 Å². The number of hydrogen-bond acceptors (Lipinski definition) is 3. The summed E-state index contributed by atoms with van der Waals surface area (Å²) in [5.74, 6) is 0. The molecular formula is C19H25N5. The molecule has 1 aliphatic heterocycles. The van der Waals surface area contributed by atoms with Gasteiger partial charge in [-0.2, -0.15) is 5.10 Å². The molecular weight excluding hydrogens is 298 g/mol. The van der Waals surface area contributed by atoms with Crippen molar-refractivity contribution in [1.82, 2.24) is 24.1 Å². The maximum absolute atomic E-state index is 4.80. The summed E-state index contributed by atoms with van der Waals surface area (Å²) in [6.07, 6.45) is 13.3. The lowest BCUT2D eigenvalue weighted by molar-refractivity contribution is 0.126. The molecule has 126 valence electrons. The van der Waals surface area contributed by atoms with Crippen molar-refractivity contribution in [3.05, 3.63) is 54.2 Å². The summed E-state index contributed by atoms with van der Waals surface area (Å²) in [4.78, 5) is 7.41. The van der Waals surface area contributed by atoms with Crippen LogP contribution in [0.2, 0.25) is 0 Å². The first-order chi connectivity index (χ1) is 11.8. The third-order valence-electron chi connectivity index (χ3n) is 5.01. The largest absolute Gasteiger partial charge is 0.307 e. The fourth-order valence-corrected chi connectivity index (χ4v) is 3.75. The van der Waals surface area contributed by atoms with Crippen molar-refractivity contribution in [1.29, 1.82) is 0 Å². The van der Waals surface area contributed by atoms with Crippen molar-refractivity contribution in [2.45, 2.75) is 51.7 Å². The number of pyridine rings is 1. The Morgan fingerprint density at radius 2 is 2.17 bits per heavy atom. The van der Waals surface area contributed by atoms with E-state index in [1.165, 1.54) is 37.1 Å². The second kappa shape index (κ2) is 6.77. The Bertz CT molecular complexity index is 789. The van der Waals surface area contributed by atoms with Crippen molar-refractivity contribution in [2.24, 2.45) is 0 Å². The zero-order valence-corrected chi connectivity index (χ0v) is 14.3. The van der Waals surface area contributed by atoms with Gasteiger partial charge in [0, 0.05) is 43.9 Å². The molecule has 3 aromatic rings. The van der Waals surface area contributed by atoms with Crippen molar-refractivity contribution in [2.75, 3.05) is 6.54 Å². The predicted molar refractivity (Wildman–Crippen MR) is 94.8 cm³/mol. The van der Waals surface area contributed by atoms with Gasteiger partial charge in [0.05, 0.1) is 5.69 Å². The molecule has 5 nitrogen and oxygen atoms in total. The molecule has 1 aliphatic rings. The molecule has 4 heterocycles. The van der Waals surface area contributed by atoms with E-state index < -0.39 is 0 Å². The highest BCUT2D eigenvalue weighted by molar-refractivity contribution is 5.41. The topological polar surface area (TPSA) is 38.4 Å². The molecule has 0 unspecified atom stereocenters. The number of nitrogens with zero attached hydrogens (tertiary/aromatic N) is 5. The standard InChI is InChI=1S/C19H25N5/c1-16-6-7-19-21-17(15-23(19)13-16)14-22-10-3-2-5-18(22)8-12-24-11-4-9-20-24/h4,6-7,9,11,13,15,18H,2-3,5,8,10,12,14H2,1H3/t18-/m1/s1. The lowest BCUT2D eigenvalue weighted by Gasteiger charge is -2.35. The van der Waals surface area contributed by atoms with E-state index in [1.807, 2.05) is 16.9 Å². The van der Waals surface area contributed by atoms with E-state index in [1.54, 1.807) is 0 Å². The fraction of sp³-hybridized carbons (Fsp3) is 0.474. The van der Waals surface area contributed by atoms with Gasteiger partial charge in [-0.1, -0.05) is 12.5 Å². The Balaban J connectivity index is 1.45. The molecule has 5 heteroatoms. The average Bonchev–Trinajstić information content (AvgIpc) is 3.22. The Morgan fingerprint density at radius 3 is 3.04 bits per heavy atom. The number of hydrogen-bond donors (Lipinski definition) is 0. The minimum Gasteiger partial charge on any atom is -0.307 e. The van der Waals surface area contributed by atoms with Crippen LogP contribution in [-0.2, 0) is 13.1 Å². The number of rotatable bonds is 5. The average molecular weight is 323 g/mol. The zero-order chi connectivity index (χ0) is 16.4. The number of fused-ring (bicyclic) bond motifs is 1. The van der Waals surface area contributed by atoms with E-state index in [-0.39, 0.29) is 0 Å². The van der Waals surface area contributed by atoms with Crippen LogP contribution in [0.1, 0.15) is 36.9 Å². The van der Waals surface area contributed by atoms with Gasteiger partial charge in [0.15, 0.2) is 0 Å². The lowest BCUT2D eigenvalue weighted by Crippen LogP contribution is -2.39. The normalized spacial score (nSPS) is 19.1. The maximum Gasteiger partial charge on any atom is 0.137 e. The summed E-state index contributed by atoms with van der Waals surface area (Å²) >= 11 is 0. The SMILES string of the molecule is Cc1ccc2nc(CN3CCCC[C@@H]3CCn3cccn3)cn2c1. The number of likely N-dealkylation sites (tertiary alicyclic amines) is 1. The van der Waals surface area contributed by atoms with Gasteiger partial charge in [-0.05, 0) is 50.4 Å². The molecule has 3 aromatic heterocycles. The maximum atomic E-state index is 4.80. The molecule has 1 saturated heterocycles. The Labute approximate surface area is 142 Å². The van der Waals surface area contributed by atoms with Crippen LogP contribution in [-0.4, -0.2) is 36.7 Å². The molecule has 0 aromatic carbocycles. The number of piperidine rings is 1. The number of aryl methyl sites for hydroxylation is 2. The first-order valence-corrected chi connectivity index (χ1v) is 8.94. The second-order valence-corrected chi connectivity index (χ2v) is 6.88. The van der Waals surface area contributed by atoms with E-state index in [0.29, 0.717) is 6.04 Å². The zero-order valence-electron chi connectivity index (χ0n) is 14.3. The highest BCUT2D eigenvalue weighted by Crippen LogP contribution is 2.22. The molecule has 1 atom stereocenters. The van der Waals surface area contributed by atoms with E-state index >= 15 is 0 Å². The number of imidazole rings is 1. The van der Waals surface area contributed by atoms with Gasteiger partial charge in [-0.3, -0.25) is 9.58 Å². The quantitative estimate of drug-likeness (QED) is 0.723. The number of aromatic nitrogens is 4. The summed E-state index contributed by atoms with van der Waals surface area (Å²) in [7, 11) is 0. The molecule has 0 saturated carbocycles. The first kappa shape index (κ1) is 15.4.